The third-order valence-electron chi connectivity index (χ3n) is 11.2. The molecule has 0 unspecified atom stereocenters. The van der Waals surface area contributed by atoms with E-state index in [9.17, 15) is 0 Å². The van der Waals surface area contributed by atoms with Crippen LogP contribution in [-0.4, -0.2) is 0 Å². The molecule has 0 amide bonds. The van der Waals surface area contributed by atoms with Gasteiger partial charge in [0.2, 0.25) is 0 Å². The van der Waals surface area contributed by atoms with E-state index in [2.05, 4.69) is 217 Å². The average molecular weight is 730 g/mol. The maximum absolute atomic E-state index is 2.40. The molecule has 0 saturated heterocycles. The summed E-state index contributed by atoms with van der Waals surface area (Å²) in [6.07, 6.45) is 0. The second-order valence-corrected chi connectivity index (χ2v) is 15.6. The Morgan fingerprint density at radius 1 is 0.286 bits per heavy atom. The van der Waals surface area contributed by atoms with Crippen molar-refractivity contribution in [1.82, 2.24) is 0 Å². The summed E-state index contributed by atoms with van der Waals surface area (Å²) in [4.78, 5) is 2.40. The Bertz CT molecular complexity index is 3230. The lowest BCUT2D eigenvalue weighted by Gasteiger charge is -2.28. The van der Waals surface area contributed by atoms with Gasteiger partial charge in [-0.1, -0.05) is 152 Å². The third kappa shape index (κ3) is 5.54. The van der Waals surface area contributed by atoms with Crippen LogP contribution in [0.5, 0.6) is 0 Å². The predicted octanol–water partition coefficient (Wildman–Crippen LogP) is 16.0. The van der Waals surface area contributed by atoms with Crippen molar-refractivity contribution in [2.45, 2.75) is 0 Å². The molecule has 1 aromatic heterocycles. The van der Waals surface area contributed by atoms with E-state index in [-0.39, 0.29) is 0 Å². The molecule has 0 aliphatic heterocycles. The highest BCUT2D eigenvalue weighted by atomic mass is 32.1. The lowest BCUT2D eigenvalue weighted by atomic mass is 9.93. The normalized spacial score (nSPS) is 11.6. The fourth-order valence-electron chi connectivity index (χ4n) is 8.49. The van der Waals surface area contributed by atoms with Crippen LogP contribution in [0.3, 0.4) is 0 Å². The summed E-state index contributed by atoms with van der Waals surface area (Å²) in [6, 6.07) is 77.7. The SMILES string of the molecule is c1ccc(-c2ccccc2N(c2ccc(-c3ccc4cc5c(cc4c3)sc3ccccc35)cc2)c2ccc(-c3cc4ccccc4c4ccccc34)cc2)cc1. The minimum absolute atomic E-state index is 1.10. The number of fused-ring (bicyclic) bond motifs is 7. The molecular formula is C54H35NS. The fourth-order valence-corrected chi connectivity index (χ4v) is 9.63. The first-order valence-electron chi connectivity index (χ1n) is 19.2. The second kappa shape index (κ2) is 13.4. The number of nitrogens with zero attached hydrogens (tertiary/aromatic N) is 1. The van der Waals surface area contributed by atoms with Gasteiger partial charge in [-0.05, 0) is 121 Å². The van der Waals surface area contributed by atoms with Gasteiger partial charge in [-0.25, -0.2) is 0 Å². The molecule has 1 nitrogen and oxygen atoms in total. The largest absolute Gasteiger partial charge is 0.310 e. The molecule has 0 aliphatic carbocycles. The Kier molecular flexibility index (Phi) is 7.75. The van der Waals surface area contributed by atoms with Crippen LogP contribution in [-0.2, 0) is 0 Å². The fraction of sp³-hybridized carbons (Fsp3) is 0. The van der Waals surface area contributed by atoms with Crippen molar-refractivity contribution in [2.24, 2.45) is 0 Å². The molecule has 11 aromatic rings. The van der Waals surface area contributed by atoms with Gasteiger partial charge in [0.05, 0.1) is 5.69 Å². The van der Waals surface area contributed by atoms with Gasteiger partial charge in [0.25, 0.3) is 0 Å². The maximum Gasteiger partial charge on any atom is 0.0540 e. The molecule has 11 rings (SSSR count). The highest BCUT2D eigenvalue weighted by molar-refractivity contribution is 7.25. The Hall–Kier alpha value is -7.00. The van der Waals surface area contributed by atoms with Crippen LogP contribution in [0.4, 0.5) is 17.1 Å². The first-order chi connectivity index (χ1) is 27.7. The van der Waals surface area contributed by atoms with E-state index in [0.29, 0.717) is 0 Å². The van der Waals surface area contributed by atoms with Crippen LogP contribution in [0.15, 0.2) is 212 Å². The van der Waals surface area contributed by atoms with Crippen molar-refractivity contribution in [3.8, 4) is 33.4 Å². The summed E-state index contributed by atoms with van der Waals surface area (Å²) >= 11 is 1.87. The lowest BCUT2D eigenvalue weighted by molar-refractivity contribution is 1.28. The van der Waals surface area contributed by atoms with E-state index in [1.54, 1.807) is 0 Å². The number of anilines is 3. The van der Waals surface area contributed by atoms with Gasteiger partial charge in [0.15, 0.2) is 0 Å². The molecule has 1 heterocycles. The predicted molar refractivity (Wildman–Crippen MR) is 243 cm³/mol. The smallest absolute Gasteiger partial charge is 0.0540 e. The number of thiophene rings is 1. The second-order valence-electron chi connectivity index (χ2n) is 14.5. The zero-order chi connectivity index (χ0) is 37.0. The van der Waals surface area contributed by atoms with Crippen molar-refractivity contribution < 1.29 is 0 Å². The van der Waals surface area contributed by atoms with Crippen LogP contribution in [0.1, 0.15) is 0 Å². The van der Waals surface area contributed by atoms with Crippen molar-refractivity contribution in [3.05, 3.63) is 212 Å². The standard InChI is InChI=1S/C54H35NS/c1-2-12-37(13-3-1)46-16-8-10-20-52(46)55(44-30-26-38(27-31-44)50-34-41-14-4-5-15-45(41)47-17-6-7-18-48(47)50)43-28-24-36(25-29-43)39-22-23-40-33-51-49-19-9-11-21-53(49)56-54(51)35-42(40)32-39/h1-35H. The van der Waals surface area contributed by atoms with E-state index >= 15 is 0 Å². The Morgan fingerprint density at radius 3 is 1.70 bits per heavy atom. The van der Waals surface area contributed by atoms with Crippen LogP contribution in [0, 0.1) is 0 Å². The molecule has 0 spiro atoms. The number of benzene rings is 10. The van der Waals surface area contributed by atoms with Crippen LogP contribution in [0.25, 0.3) is 85.9 Å². The molecule has 10 aromatic carbocycles. The molecule has 56 heavy (non-hydrogen) atoms. The average Bonchev–Trinajstić information content (AvgIpc) is 3.63. The van der Waals surface area contributed by atoms with E-state index in [0.717, 1.165) is 17.1 Å². The number of rotatable bonds is 6. The highest BCUT2D eigenvalue weighted by Gasteiger charge is 2.18. The molecular weight excluding hydrogens is 695 g/mol. The summed E-state index contributed by atoms with van der Waals surface area (Å²) in [6.45, 7) is 0. The van der Waals surface area contributed by atoms with Gasteiger partial charge < -0.3 is 4.90 Å². The zero-order valence-corrected chi connectivity index (χ0v) is 31.4. The summed E-state index contributed by atoms with van der Waals surface area (Å²) < 4.78 is 2.67. The molecule has 2 heteroatoms. The van der Waals surface area contributed by atoms with E-state index < -0.39 is 0 Å². The van der Waals surface area contributed by atoms with Gasteiger partial charge in [0, 0.05) is 37.1 Å². The summed E-state index contributed by atoms with van der Waals surface area (Å²) in [7, 11) is 0. The first kappa shape index (κ1) is 32.4. The lowest BCUT2D eigenvalue weighted by Crippen LogP contribution is -2.11. The first-order valence-corrected chi connectivity index (χ1v) is 20.0. The van der Waals surface area contributed by atoms with E-state index in [4.69, 9.17) is 0 Å². The summed E-state index contributed by atoms with van der Waals surface area (Å²) in [5, 5.41) is 10.3. The highest BCUT2D eigenvalue weighted by Crippen LogP contribution is 2.43. The summed E-state index contributed by atoms with van der Waals surface area (Å²) in [5.74, 6) is 0. The van der Waals surface area contributed by atoms with Crippen molar-refractivity contribution >= 4 is 80.9 Å². The summed E-state index contributed by atoms with van der Waals surface area (Å²) in [5.41, 5.74) is 10.6. The monoisotopic (exact) mass is 729 g/mol. The number of para-hydroxylation sites is 1. The van der Waals surface area contributed by atoms with Crippen LogP contribution in [0.2, 0.25) is 0 Å². The van der Waals surface area contributed by atoms with Gasteiger partial charge in [0.1, 0.15) is 0 Å². The number of hydrogen-bond donors (Lipinski definition) is 0. The third-order valence-corrected chi connectivity index (χ3v) is 12.4. The van der Waals surface area contributed by atoms with Crippen LogP contribution >= 0.6 is 11.3 Å². The van der Waals surface area contributed by atoms with Crippen molar-refractivity contribution in [2.75, 3.05) is 4.90 Å². The Labute approximate surface area is 330 Å². The maximum atomic E-state index is 2.40. The van der Waals surface area contributed by atoms with Crippen LogP contribution < -0.4 is 4.90 Å². The Morgan fingerprint density at radius 2 is 0.893 bits per heavy atom. The topological polar surface area (TPSA) is 3.24 Å². The van der Waals surface area contributed by atoms with Gasteiger partial charge >= 0.3 is 0 Å². The molecule has 0 fully saturated rings. The van der Waals surface area contributed by atoms with Crippen molar-refractivity contribution in [1.29, 1.82) is 0 Å². The minimum atomic E-state index is 1.10. The molecule has 0 radical (unpaired) electrons. The quantitative estimate of drug-likeness (QED) is 0.154. The van der Waals surface area contributed by atoms with Crippen molar-refractivity contribution in [3.63, 3.8) is 0 Å². The number of hydrogen-bond acceptors (Lipinski definition) is 2. The van der Waals surface area contributed by atoms with Gasteiger partial charge in [-0.3, -0.25) is 0 Å². The molecule has 0 N–H and O–H groups in total. The van der Waals surface area contributed by atoms with E-state index in [1.807, 2.05) is 11.3 Å². The molecule has 0 aliphatic rings. The molecule has 0 saturated carbocycles. The molecule has 0 bridgehead atoms. The van der Waals surface area contributed by atoms with E-state index in [1.165, 1.54) is 85.9 Å². The Balaban J connectivity index is 1.01. The molecule has 0 atom stereocenters. The van der Waals surface area contributed by atoms with Gasteiger partial charge in [-0.15, -0.1) is 11.3 Å². The minimum Gasteiger partial charge on any atom is -0.310 e. The molecule has 262 valence electrons. The van der Waals surface area contributed by atoms with Gasteiger partial charge in [-0.2, -0.15) is 0 Å². The zero-order valence-electron chi connectivity index (χ0n) is 30.6.